The highest BCUT2D eigenvalue weighted by molar-refractivity contribution is 7.89. The molecule has 2 heterocycles. The summed E-state index contributed by atoms with van der Waals surface area (Å²) in [5.74, 6) is -1.10. The zero-order chi connectivity index (χ0) is 21.3. The van der Waals surface area contributed by atoms with Crippen LogP contribution in [0.1, 0.15) is 5.69 Å². The fraction of sp³-hybridized carbons (Fsp3) is 0.250. The number of fused-ring (bicyclic) bond motifs is 1. The molecule has 11 heteroatoms. The predicted molar refractivity (Wildman–Crippen MR) is 123 cm³/mol. The Morgan fingerprint density at radius 2 is 1.90 bits per heavy atom. The minimum Gasteiger partial charge on any atom is -0.336 e. The fourth-order valence-corrected chi connectivity index (χ4v) is 4.18. The average molecular weight is 493 g/mol. The molecule has 0 radical (unpaired) electrons. The Labute approximate surface area is 192 Å². The number of pyridine rings is 1. The quantitative estimate of drug-likeness (QED) is 0.526. The number of hydrogen-bond donors (Lipinski definition) is 1. The summed E-state index contributed by atoms with van der Waals surface area (Å²) < 4.78 is 55.9. The van der Waals surface area contributed by atoms with Crippen molar-refractivity contribution in [1.82, 2.24) is 13.9 Å². The van der Waals surface area contributed by atoms with Gasteiger partial charge in [0.25, 0.3) is 0 Å². The van der Waals surface area contributed by atoms with Crippen molar-refractivity contribution in [3.63, 3.8) is 0 Å². The molecule has 0 atom stereocenters. The van der Waals surface area contributed by atoms with E-state index in [0.717, 1.165) is 4.31 Å². The largest absolute Gasteiger partial charge is 0.336 e. The number of halogens is 4. The van der Waals surface area contributed by atoms with Gasteiger partial charge >= 0.3 is 0 Å². The van der Waals surface area contributed by atoms with E-state index in [2.05, 4.69) is 4.98 Å². The van der Waals surface area contributed by atoms with Gasteiger partial charge in [0, 0.05) is 31.9 Å². The Kier molecular flexibility index (Phi) is 9.16. The average Bonchev–Trinajstić information content (AvgIpc) is 2.92. The van der Waals surface area contributed by atoms with Gasteiger partial charge in [0.1, 0.15) is 5.83 Å². The van der Waals surface area contributed by atoms with Crippen molar-refractivity contribution in [3.05, 3.63) is 59.9 Å². The molecular weight excluding hydrogens is 469 g/mol. The molecule has 31 heavy (non-hydrogen) atoms. The molecule has 0 aliphatic heterocycles. The maximum Gasteiger partial charge on any atom is 0.242 e. The zero-order valence-electron chi connectivity index (χ0n) is 17.2. The van der Waals surface area contributed by atoms with Crippen LogP contribution in [0.4, 0.5) is 8.78 Å². The first-order valence-electron chi connectivity index (χ1n) is 8.89. The summed E-state index contributed by atoms with van der Waals surface area (Å²) in [5.41, 5.74) is 8.00. The first-order valence-corrected chi connectivity index (χ1v) is 10.3. The molecule has 0 unspecified atom stereocenters. The Morgan fingerprint density at radius 1 is 1.23 bits per heavy atom. The van der Waals surface area contributed by atoms with Crippen molar-refractivity contribution in [2.45, 2.75) is 18.4 Å². The van der Waals surface area contributed by atoms with Crippen molar-refractivity contribution >= 4 is 45.9 Å². The van der Waals surface area contributed by atoms with Gasteiger partial charge in [-0.25, -0.2) is 22.1 Å². The normalized spacial score (nSPS) is 12.0. The van der Waals surface area contributed by atoms with Crippen molar-refractivity contribution in [2.24, 2.45) is 5.73 Å². The van der Waals surface area contributed by atoms with Gasteiger partial charge in [0.2, 0.25) is 16.0 Å². The molecule has 0 spiro atoms. The molecule has 2 N–H and O–H groups in total. The van der Waals surface area contributed by atoms with Crippen molar-refractivity contribution in [2.75, 3.05) is 20.6 Å². The van der Waals surface area contributed by atoms with Crippen LogP contribution in [0.5, 0.6) is 0 Å². The zero-order valence-corrected chi connectivity index (χ0v) is 19.6. The summed E-state index contributed by atoms with van der Waals surface area (Å²) in [4.78, 5) is 4.10. The molecule has 3 aromatic rings. The summed E-state index contributed by atoms with van der Waals surface area (Å²) in [6.07, 6.45) is 1.27. The van der Waals surface area contributed by atoms with Crippen LogP contribution in [0.3, 0.4) is 0 Å². The van der Waals surface area contributed by atoms with Gasteiger partial charge in [-0.3, -0.25) is 0 Å². The lowest BCUT2D eigenvalue weighted by Gasteiger charge is -2.12. The highest BCUT2D eigenvalue weighted by Gasteiger charge is 2.22. The minimum atomic E-state index is -3.65. The van der Waals surface area contributed by atoms with E-state index in [9.17, 15) is 17.2 Å². The van der Waals surface area contributed by atoms with Gasteiger partial charge in [-0.1, -0.05) is 12.1 Å². The second kappa shape index (κ2) is 10.5. The molecule has 0 amide bonds. The number of sulfonamides is 1. The van der Waals surface area contributed by atoms with E-state index < -0.39 is 21.8 Å². The van der Waals surface area contributed by atoms with Crippen LogP contribution in [0, 0.1) is 12.9 Å². The third kappa shape index (κ3) is 5.24. The Bertz CT molecular complexity index is 1210. The number of allylic oxidation sites excluding steroid dienone is 1. The molecule has 0 aliphatic rings. The molecule has 0 aliphatic carbocycles. The van der Waals surface area contributed by atoms with E-state index in [-0.39, 0.29) is 42.8 Å². The van der Waals surface area contributed by atoms with Crippen LogP contribution in [0.25, 0.3) is 22.2 Å². The van der Waals surface area contributed by atoms with E-state index in [1.54, 1.807) is 23.6 Å². The molecule has 2 aromatic heterocycles. The summed E-state index contributed by atoms with van der Waals surface area (Å²) in [6, 6.07) is 9.08. The van der Waals surface area contributed by atoms with E-state index >= 15 is 0 Å². The lowest BCUT2D eigenvalue weighted by molar-refractivity contribution is 0.521. The monoisotopic (exact) mass is 492 g/mol. The summed E-state index contributed by atoms with van der Waals surface area (Å²) >= 11 is 0. The Hall–Kier alpha value is -2.04. The van der Waals surface area contributed by atoms with Gasteiger partial charge in [-0.15, -0.1) is 24.8 Å². The van der Waals surface area contributed by atoms with Gasteiger partial charge in [0.05, 0.1) is 22.5 Å². The second-order valence-electron chi connectivity index (χ2n) is 6.75. The predicted octanol–water partition coefficient (Wildman–Crippen LogP) is 4.06. The molecule has 170 valence electrons. The lowest BCUT2D eigenvalue weighted by Crippen LogP contribution is -2.22. The standard InChI is InChI=1S/C20H22F2N4O2S.2ClH/c1-13-19(14-5-4-6-16(11-14)29(27,28)25(2)3)20-17(7-8-18(22)24-20)26(13)12-15(21)9-10-23;;/h4-9,11H,10,12,23H2,1-3H3;2*1H. The molecule has 1 aromatic carbocycles. The van der Waals surface area contributed by atoms with Gasteiger partial charge in [-0.05, 0) is 42.8 Å². The van der Waals surface area contributed by atoms with Crippen molar-refractivity contribution in [1.29, 1.82) is 0 Å². The van der Waals surface area contributed by atoms with Crippen LogP contribution in [0.2, 0.25) is 0 Å². The van der Waals surface area contributed by atoms with E-state index in [1.807, 2.05) is 0 Å². The smallest absolute Gasteiger partial charge is 0.242 e. The number of aromatic nitrogens is 2. The third-order valence-electron chi connectivity index (χ3n) is 4.68. The second-order valence-corrected chi connectivity index (χ2v) is 8.90. The SMILES string of the molecule is Cc1c(-c2cccc(S(=O)(=O)N(C)C)c2)c2nc(F)ccc2n1CC(F)=CCN.Cl.Cl. The van der Waals surface area contributed by atoms with E-state index in [0.29, 0.717) is 27.9 Å². The lowest BCUT2D eigenvalue weighted by atomic mass is 10.1. The highest BCUT2D eigenvalue weighted by Crippen LogP contribution is 2.35. The first kappa shape index (κ1) is 27.0. The van der Waals surface area contributed by atoms with E-state index in [1.165, 1.54) is 44.4 Å². The molecule has 0 fully saturated rings. The van der Waals surface area contributed by atoms with Crippen molar-refractivity contribution in [3.8, 4) is 11.1 Å². The third-order valence-corrected chi connectivity index (χ3v) is 6.50. The van der Waals surface area contributed by atoms with Crippen LogP contribution >= 0.6 is 24.8 Å². The number of hydrogen-bond acceptors (Lipinski definition) is 4. The Balaban J connectivity index is 0.00000240. The number of nitrogens with two attached hydrogens (primary N) is 1. The number of rotatable bonds is 6. The maximum absolute atomic E-state index is 14.2. The Morgan fingerprint density at radius 3 is 2.52 bits per heavy atom. The molecule has 0 saturated carbocycles. The topological polar surface area (TPSA) is 81.2 Å². The maximum atomic E-state index is 14.2. The highest BCUT2D eigenvalue weighted by atomic mass is 35.5. The van der Waals surface area contributed by atoms with Crippen LogP contribution < -0.4 is 5.73 Å². The molecular formula is C20H24Cl2F2N4O2S. The van der Waals surface area contributed by atoms with E-state index in [4.69, 9.17) is 5.73 Å². The van der Waals surface area contributed by atoms with Crippen LogP contribution in [-0.2, 0) is 16.6 Å². The first-order chi connectivity index (χ1) is 13.7. The molecule has 0 bridgehead atoms. The van der Waals surface area contributed by atoms with Crippen LogP contribution in [0.15, 0.2) is 53.2 Å². The fourth-order valence-electron chi connectivity index (χ4n) is 3.23. The van der Waals surface area contributed by atoms with Gasteiger partial charge in [0.15, 0.2) is 0 Å². The van der Waals surface area contributed by atoms with Crippen molar-refractivity contribution < 1.29 is 17.2 Å². The van der Waals surface area contributed by atoms with Gasteiger partial charge < -0.3 is 10.3 Å². The molecule has 0 saturated heterocycles. The van der Waals surface area contributed by atoms with Gasteiger partial charge in [-0.2, -0.15) is 4.39 Å². The summed E-state index contributed by atoms with van der Waals surface area (Å²) in [6.45, 7) is 1.74. The summed E-state index contributed by atoms with van der Waals surface area (Å²) in [7, 11) is -0.758. The minimum absolute atomic E-state index is 0. The summed E-state index contributed by atoms with van der Waals surface area (Å²) in [5, 5.41) is 0. The molecule has 6 nitrogen and oxygen atoms in total. The molecule has 3 rings (SSSR count). The van der Waals surface area contributed by atoms with Crippen LogP contribution in [-0.4, -0.2) is 42.9 Å². The number of benzene rings is 1. The number of nitrogens with zero attached hydrogens (tertiary/aromatic N) is 3.